The van der Waals surface area contributed by atoms with Crippen LogP contribution in [-0.2, 0) is 0 Å². The number of hydrogen-bond acceptors (Lipinski definition) is 3. The summed E-state index contributed by atoms with van der Waals surface area (Å²) in [4.78, 5) is 13.2. The Bertz CT molecular complexity index is 655. The van der Waals surface area contributed by atoms with Gasteiger partial charge in [-0.1, -0.05) is 17.7 Å². The highest BCUT2D eigenvalue weighted by atomic mass is 35.5. The molecule has 2 aromatic rings. The molecule has 0 fully saturated rings. The van der Waals surface area contributed by atoms with E-state index in [0.29, 0.717) is 17.0 Å². The van der Waals surface area contributed by atoms with E-state index in [9.17, 15) is 9.90 Å². The highest BCUT2D eigenvalue weighted by Crippen LogP contribution is 2.24. The summed E-state index contributed by atoms with van der Waals surface area (Å²) in [7, 11) is 0. The van der Waals surface area contributed by atoms with Crippen molar-refractivity contribution in [3.63, 3.8) is 0 Å². The quantitative estimate of drug-likeness (QED) is 0.856. The molecule has 0 radical (unpaired) electrons. The fourth-order valence-electron chi connectivity index (χ4n) is 2.25. The van der Waals surface area contributed by atoms with E-state index in [4.69, 9.17) is 11.6 Å². The Labute approximate surface area is 139 Å². The monoisotopic (exact) mass is 337 g/mol. The summed E-state index contributed by atoms with van der Waals surface area (Å²) >= 11 is 7.67. The molecule has 118 valence electrons. The number of carbonyl (C=O) groups is 1. The van der Waals surface area contributed by atoms with E-state index in [1.807, 2.05) is 38.3 Å². The lowest BCUT2D eigenvalue weighted by Gasteiger charge is -2.18. The summed E-state index contributed by atoms with van der Waals surface area (Å²) in [5.41, 5.74) is 2.56. The van der Waals surface area contributed by atoms with Gasteiger partial charge in [-0.2, -0.15) is 0 Å². The molecular formula is C17H20ClNO2S. The van der Waals surface area contributed by atoms with Crippen LogP contribution in [0.15, 0.2) is 29.6 Å². The normalized spacial score (nSPS) is 13.7. The van der Waals surface area contributed by atoms with E-state index in [0.717, 1.165) is 16.0 Å². The molecule has 1 aromatic carbocycles. The smallest absolute Gasteiger partial charge is 0.253 e. The Balaban J connectivity index is 2.01. The predicted octanol–water partition coefficient (Wildman–Crippen LogP) is 4.26. The topological polar surface area (TPSA) is 49.3 Å². The fourth-order valence-corrected chi connectivity index (χ4v) is 3.28. The number of thiophene rings is 1. The molecule has 22 heavy (non-hydrogen) atoms. The van der Waals surface area contributed by atoms with E-state index in [1.165, 1.54) is 11.3 Å². The minimum atomic E-state index is -0.564. The molecule has 1 amide bonds. The molecule has 2 rings (SSSR count). The first-order valence-corrected chi connectivity index (χ1v) is 8.43. The van der Waals surface area contributed by atoms with Crippen molar-refractivity contribution in [2.24, 2.45) is 0 Å². The first kappa shape index (κ1) is 17.0. The molecule has 0 saturated heterocycles. The Hall–Kier alpha value is -1.36. The molecule has 1 aromatic heterocycles. The largest absolute Gasteiger partial charge is 0.387 e. The molecule has 0 aliphatic rings. The second-order valence-electron chi connectivity index (χ2n) is 5.56. The van der Waals surface area contributed by atoms with Crippen LogP contribution in [0, 0.1) is 13.8 Å². The number of rotatable bonds is 5. The Morgan fingerprint density at radius 2 is 2.05 bits per heavy atom. The van der Waals surface area contributed by atoms with Crippen LogP contribution < -0.4 is 5.32 Å². The number of amides is 1. The molecule has 0 bridgehead atoms. The predicted molar refractivity (Wildman–Crippen MR) is 91.8 cm³/mol. The lowest BCUT2D eigenvalue weighted by molar-refractivity contribution is 0.0918. The molecule has 2 atom stereocenters. The summed E-state index contributed by atoms with van der Waals surface area (Å²) < 4.78 is 0. The van der Waals surface area contributed by atoms with Crippen LogP contribution in [0.5, 0.6) is 0 Å². The minimum Gasteiger partial charge on any atom is -0.387 e. The van der Waals surface area contributed by atoms with Gasteiger partial charge in [0.25, 0.3) is 5.91 Å². The second kappa shape index (κ2) is 7.27. The van der Waals surface area contributed by atoms with Gasteiger partial charge in [-0.25, -0.2) is 0 Å². The molecule has 0 spiro atoms. The van der Waals surface area contributed by atoms with Gasteiger partial charge in [0.2, 0.25) is 0 Å². The summed E-state index contributed by atoms with van der Waals surface area (Å²) in [5.74, 6) is -0.209. The fraction of sp³-hybridized carbons (Fsp3) is 0.353. The van der Waals surface area contributed by atoms with Gasteiger partial charge in [-0.15, -0.1) is 11.3 Å². The number of benzene rings is 1. The molecule has 2 unspecified atom stereocenters. The van der Waals surface area contributed by atoms with Crippen molar-refractivity contribution in [3.05, 3.63) is 56.2 Å². The van der Waals surface area contributed by atoms with Crippen molar-refractivity contribution < 1.29 is 9.90 Å². The standard InChI is InChI=1S/C17H20ClNO2S/c1-10-7-13(14(18)8-11(10)2)17(21)19-12(3)9-15(20)16-5-4-6-22-16/h4-8,12,15,20H,9H2,1-3H3,(H,19,21). The third-order valence-corrected chi connectivity index (χ3v) is 4.94. The molecule has 1 heterocycles. The SMILES string of the molecule is Cc1cc(Cl)c(C(=O)NC(C)CC(O)c2cccs2)cc1C. The summed E-state index contributed by atoms with van der Waals surface area (Å²) in [6.45, 7) is 5.79. The lowest BCUT2D eigenvalue weighted by atomic mass is 10.0. The van der Waals surface area contributed by atoms with Gasteiger partial charge in [0.1, 0.15) is 0 Å². The zero-order valence-corrected chi connectivity index (χ0v) is 14.5. The van der Waals surface area contributed by atoms with Crippen LogP contribution in [0.2, 0.25) is 5.02 Å². The van der Waals surface area contributed by atoms with Crippen LogP contribution in [0.1, 0.15) is 45.8 Å². The number of aryl methyl sites for hydroxylation is 2. The van der Waals surface area contributed by atoms with Crippen LogP contribution in [-0.4, -0.2) is 17.1 Å². The van der Waals surface area contributed by atoms with Gasteiger partial charge >= 0.3 is 0 Å². The van der Waals surface area contributed by atoms with Gasteiger partial charge in [-0.3, -0.25) is 4.79 Å². The molecular weight excluding hydrogens is 318 g/mol. The van der Waals surface area contributed by atoms with Gasteiger partial charge in [-0.05, 0) is 61.9 Å². The summed E-state index contributed by atoms with van der Waals surface area (Å²) in [5, 5.41) is 15.4. The number of aliphatic hydroxyl groups is 1. The maximum Gasteiger partial charge on any atom is 0.253 e. The van der Waals surface area contributed by atoms with Crippen LogP contribution in [0.25, 0.3) is 0 Å². The maximum atomic E-state index is 12.3. The summed E-state index contributed by atoms with van der Waals surface area (Å²) in [6.07, 6.45) is -0.0973. The van der Waals surface area contributed by atoms with E-state index in [1.54, 1.807) is 12.1 Å². The van der Waals surface area contributed by atoms with Crippen molar-refractivity contribution in [1.29, 1.82) is 0 Å². The number of hydrogen-bond donors (Lipinski definition) is 2. The molecule has 0 saturated carbocycles. The third kappa shape index (κ3) is 4.09. The van der Waals surface area contributed by atoms with E-state index >= 15 is 0 Å². The van der Waals surface area contributed by atoms with E-state index < -0.39 is 6.10 Å². The zero-order valence-electron chi connectivity index (χ0n) is 12.9. The highest BCUT2D eigenvalue weighted by Gasteiger charge is 2.18. The maximum absolute atomic E-state index is 12.3. The van der Waals surface area contributed by atoms with E-state index in [-0.39, 0.29) is 11.9 Å². The van der Waals surface area contributed by atoms with Crippen molar-refractivity contribution in [3.8, 4) is 0 Å². The number of halogens is 1. The molecule has 0 aliphatic heterocycles. The second-order valence-corrected chi connectivity index (χ2v) is 6.94. The first-order chi connectivity index (χ1) is 10.4. The summed E-state index contributed by atoms with van der Waals surface area (Å²) in [6, 6.07) is 7.25. The Morgan fingerprint density at radius 1 is 1.36 bits per heavy atom. The molecule has 2 N–H and O–H groups in total. The lowest BCUT2D eigenvalue weighted by Crippen LogP contribution is -2.34. The van der Waals surface area contributed by atoms with Crippen LogP contribution in [0.3, 0.4) is 0 Å². The molecule has 3 nitrogen and oxygen atoms in total. The van der Waals surface area contributed by atoms with Crippen LogP contribution in [0.4, 0.5) is 0 Å². The Morgan fingerprint density at radius 3 is 2.68 bits per heavy atom. The van der Waals surface area contributed by atoms with Crippen LogP contribution >= 0.6 is 22.9 Å². The first-order valence-electron chi connectivity index (χ1n) is 7.17. The zero-order chi connectivity index (χ0) is 16.3. The molecule has 5 heteroatoms. The van der Waals surface area contributed by atoms with Gasteiger partial charge in [0, 0.05) is 10.9 Å². The highest BCUT2D eigenvalue weighted by molar-refractivity contribution is 7.10. The Kier molecular flexibility index (Phi) is 5.62. The van der Waals surface area contributed by atoms with Gasteiger partial charge in [0.05, 0.1) is 16.7 Å². The van der Waals surface area contributed by atoms with Gasteiger partial charge in [0.15, 0.2) is 0 Å². The number of carbonyl (C=O) groups excluding carboxylic acids is 1. The van der Waals surface area contributed by atoms with Crippen molar-refractivity contribution in [1.82, 2.24) is 5.32 Å². The van der Waals surface area contributed by atoms with Crippen molar-refractivity contribution in [2.75, 3.05) is 0 Å². The number of nitrogens with one attached hydrogen (secondary N) is 1. The average molecular weight is 338 g/mol. The third-order valence-electron chi connectivity index (χ3n) is 3.65. The molecule has 0 aliphatic carbocycles. The van der Waals surface area contributed by atoms with E-state index in [2.05, 4.69) is 5.32 Å². The van der Waals surface area contributed by atoms with Crippen molar-refractivity contribution in [2.45, 2.75) is 39.3 Å². The van der Waals surface area contributed by atoms with Gasteiger partial charge < -0.3 is 10.4 Å². The average Bonchev–Trinajstić information content (AvgIpc) is 2.96. The minimum absolute atomic E-state index is 0.151. The van der Waals surface area contributed by atoms with Crippen molar-refractivity contribution >= 4 is 28.8 Å². The number of aliphatic hydroxyl groups excluding tert-OH is 1.